The van der Waals surface area contributed by atoms with Crippen LogP contribution in [0, 0.1) is 11.6 Å². The van der Waals surface area contributed by atoms with Crippen LogP contribution in [0.1, 0.15) is 10.5 Å². The second kappa shape index (κ2) is 7.87. The van der Waals surface area contributed by atoms with Crippen LogP contribution in [-0.4, -0.2) is 29.9 Å². The van der Waals surface area contributed by atoms with Crippen LogP contribution in [0.2, 0.25) is 0 Å². The molecule has 1 aromatic heterocycles. The molecule has 0 atom stereocenters. The van der Waals surface area contributed by atoms with Gasteiger partial charge < -0.3 is 14.8 Å². The molecule has 0 spiro atoms. The van der Waals surface area contributed by atoms with Gasteiger partial charge in [0.1, 0.15) is 5.75 Å². The van der Waals surface area contributed by atoms with Crippen molar-refractivity contribution in [3.63, 3.8) is 0 Å². The highest BCUT2D eigenvalue weighted by Gasteiger charge is 2.18. The van der Waals surface area contributed by atoms with E-state index in [0.717, 1.165) is 18.2 Å². The zero-order valence-electron chi connectivity index (χ0n) is 14.9. The van der Waals surface area contributed by atoms with Crippen molar-refractivity contribution >= 4 is 11.6 Å². The average molecular weight is 387 g/mol. The zero-order valence-corrected chi connectivity index (χ0v) is 14.9. The van der Waals surface area contributed by atoms with Gasteiger partial charge in [0, 0.05) is 11.8 Å². The van der Waals surface area contributed by atoms with Crippen LogP contribution in [0.4, 0.5) is 14.5 Å². The van der Waals surface area contributed by atoms with Gasteiger partial charge in [0.25, 0.3) is 5.91 Å². The van der Waals surface area contributed by atoms with E-state index in [0.29, 0.717) is 11.4 Å². The van der Waals surface area contributed by atoms with Gasteiger partial charge in [-0.05, 0) is 36.4 Å². The number of carbonyl (C=O) groups is 1. The molecule has 28 heavy (non-hydrogen) atoms. The summed E-state index contributed by atoms with van der Waals surface area (Å²) in [6.45, 7) is 0. The number of nitrogens with one attached hydrogen (secondary N) is 1. The summed E-state index contributed by atoms with van der Waals surface area (Å²) in [6.07, 6.45) is 0. The number of anilines is 1. The molecule has 7 nitrogen and oxygen atoms in total. The highest BCUT2D eigenvalue weighted by atomic mass is 19.2. The number of methoxy groups -OCH3 is 2. The maximum atomic E-state index is 13.3. The van der Waals surface area contributed by atoms with Crippen LogP contribution in [0.15, 0.2) is 53.3 Å². The molecule has 3 rings (SSSR count). The molecule has 0 saturated carbocycles. The first kappa shape index (κ1) is 19.0. The van der Waals surface area contributed by atoms with E-state index in [1.54, 1.807) is 24.3 Å². The van der Waals surface area contributed by atoms with E-state index >= 15 is 0 Å². The lowest BCUT2D eigenvalue weighted by Crippen LogP contribution is -2.26. The number of benzene rings is 2. The molecule has 0 aliphatic carbocycles. The third-order valence-electron chi connectivity index (χ3n) is 3.82. The zero-order chi connectivity index (χ0) is 20.3. The SMILES string of the molecule is COc1ccc(-n2nc(C(=O)Nc3ccc(F)c(F)c3)c(=O)cc2OC)cc1. The summed E-state index contributed by atoms with van der Waals surface area (Å²) in [5.41, 5.74) is -0.639. The maximum Gasteiger partial charge on any atom is 0.280 e. The quantitative estimate of drug-likeness (QED) is 0.728. The number of hydrogen-bond donors (Lipinski definition) is 1. The third kappa shape index (κ3) is 3.83. The van der Waals surface area contributed by atoms with Crippen LogP contribution >= 0.6 is 0 Å². The van der Waals surface area contributed by atoms with Gasteiger partial charge in [0.15, 0.2) is 17.3 Å². The largest absolute Gasteiger partial charge is 0.497 e. The minimum Gasteiger partial charge on any atom is -0.497 e. The maximum absolute atomic E-state index is 13.3. The van der Waals surface area contributed by atoms with Crippen molar-refractivity contribution in [1.29, 1.82) is 0 Å². The molecule has 0 bridgehead atoms. The van der Waals surface area contributed by atoms with Crippen molar-refractivity contribution in [2.75, 3.05) is 19.5 Å². The van der Waals surface area contributed by atoms with Crippen molar-refractivity contribution in [1.82, 2.24) is 9.78 Å². The number of carbonyl (C=O) groups excluding carboxylic acids is 1. The molecule has 9 heteroatoms. The van der Waals surface area contributed by atoms with Crippen molar-refractivity contribution in [2.45, 2.75) is 0 Å². The van der Waals surface area contributed by atoms with E-state index in [9.17, 15) is 18.4 Å². The molecular formula is C19H15F2N3O4. The minimum absolute atomic E-state index is 0.0167. The van der Waals surface area contributed by atoms with Crippen LogP contribution < -0.4 is 20.2 Å². The first-order valence-corrected chi connectivity index (χ1v) is 8.02. The Labute approximate surface area is 158 Å². The monoisotopic (exact) mass is 387 g/mol. The molecule has 1 amide bonds. The molecule has 1 heterocycles. The first-order chi connectivity index (χ1) is 13.4. The number of halogens is 2. The Kier molecular flexibility index (Phi) is 5.35. The number of ether oxygens (including phenoxy) is 2. The molecule has 144 valence electrons. The summed E-state index contributed by atoms with van der Waals surface area (Å²) in [7, 11) is 2.88. The predicted molar refractivity (Wildman–Crippen MR) is 97.2 cm³/mol. The Morgan fingerprint density at radius 3 is 2.32 bits per heavy atom. The van der Waals surface area contributed by atoms with Crippen LogP contribution in [0.3, 0.4) is 0 Å². The van der Waals surface area contributed by atoms with Crippen molar-refractivity contribution < 1.29 is 23.0 Å². The second-order valence-electron chi connectivity index (χ2n) is 5.59. The lowest BCUT2D eigenvalue weighted by atomic mass is 10.2. The molecule has 0 aliphatic heterocycles. The van der Waals surface area contributed by atoms with E-state index < -0.39 is 28.7 Å². The Morgan fingerprint density at radius 1 is 1.00 bits per heavy atom. The summed E-state index contributed by atoms with van der Waals surface area (Å²) in [5.74, 6) is -2.33. The highest BCUT2D eigenvalue weighted by molar-refractivity contribution is 6.02. The van der Waals surface area contributed by atoms with Crippen molar-refractivity contribution in [3.8, 4) is 17.3 Å². The van der Waals surface area contributed by atoms with Crippen molar-refractivity contribution in [2.24, 2.45) is 0 Å². The Hall–Kier alpha value is -3.75. The minimum atomic E-state index is -1.13. The smallest absolute Gasteiger partial charge is 0.280 e. The Balaban J connectivity index is 1.99. The molecular weight excluding hydrogens is 372 g/mol. The third-order valence-corrected chi connectivity index (χ3v) is 3.82. The first-order valence-electron chi connectivity index (χ1n) is 8.02. The molecule has 3 aromatic rings. The number of amides is 1. The number of nitrogens with zero attached hydrogens (tertiary/aromatic N) is 2. The normalized spacial score (nSPS) is 10.4. The molecule has 1 N–H and O–H groups in total. The number of hydrogen-bond acceptors (Lipinski definition) is 5. The van der Waals surface area contributed by atoms with E-state index in [-0.39, 0.29) is 11.6 Å². The van der Waals surface area contributed by atoms with Gasteiger partial charge in [0.2, 0.25) is 11.3 Å². The van der Waals surface area contributed by atoms with Gasteiger partial charge in [-0.2, -0.15) is 5.10 Å². The molecule has 2 aromatic carbocycles. The lowest BCUT2D eigenvalue weighted by molar-refractivity contribution is 0.101. The summed E-state index contributed by atoms with van der Waals surface area (Å²) in [4.78, 5) is 24.7. The molecule has 0 saturated heterocycles. The van der Waals surface area contributed by atoms with Crippen LogP contribution in [0.5, 0.6) is 11.6 Å². The van der Waals surface area contributed by atoms with Gasteiger partial charge in [-0.15, -0.1) is 0 Å². The standard InChI is InChI=1S/C19H15F2N3O4/c1-27-13-6-4-12(5-7-13)24-17(28-2)10-16(25)18(23-24)19(26)22-11-3-8-14(20)15(21)9-11/h3-10H,1-2H3,(H,22,26). The van der Waals surface area contributed by atoms with Crippen molar-refractivity contribution in [3.05, 3.63) is 76.1 Å². The van der Waals surface area contributed by atoms with E-state index in [1.165, 1.54) is 25.0 Å². The van der Waals surface area contributed by atoms with Crippen LogP contribution in [-0.2, 0) is 0 Å². The van der Waals surface area contributed by atoms with Crippen LogP contribution in [0.25, 0.3) is 5.69 Å². The molecule has 0 fully saturated rings. The lowest BCUT2D eigenvalue weighted by Gasteiger charge is -2.13. The summed E-state index contributed by atoms with van der Waals surface area (Å²) >= 11 is 0. The van der Waals surface area contributed by atoms with Gasteiger partial charge in [-0.3, -0.25) is 9.59 Å². The molecule has 0 unspecified atom stereocenters. The average Bonchev–Trinajstić information content (AvgIpc) is 2.70. The van der Waals surface area contributed by atoms with E-state index in [4.69, 9.17) is 9.47 Å². The van der Waals surface area contributed by atoms with E-state index in [2.05, 4.69) is 10.4 Å². The highest BCUT2D eigenvalue weighted by Crippen LogP contribution is 2.19. The fraction of sp³-hybridized carbons (Fsp3) is 0.105. The summed E-state index contributed by atoms with van der Waals surface area (Å²) < 4.78 is 37.9. The summed E-state index contributed by atoms with van der Waals surface area (Å²) in [5, 5.41) is 6.38. The van der Waals surface area contributed by atoms with Gasteiger partial charge >= 0.3 is 0 Å². The van der Waals surface area contributed by atoms with Gasteiger partial charge in [-0.1, -0.05) is 0 Å². The Bertz CT molecular complexity index is 1080. The molecule has 0 radical (unpaired) electrons. The van der Waals surface area contributed by atoms with E-state index in [1.807, 2.05) is 0 Å². The predicted octanol–water partition coefficient (Wildman–Crippen LogP) is 2.78. The molecule has 0 aliphatic rings. The topological polar surface area (TPSA) is 82.5 Å². The number of aromatic nitrogens is 2. The van der Waals surface area contributed by atoms with Gasteiger partial charge in [-0.25, -0.2) is 13.5 Å². The Morgan fingerprint density at radius 2 is 1.71 bits per heavy atom. The number of rotatable bonds is 5. The fourth-order valence-electron chi connectivity index (χ4n) is 2.42. The summed E-state index contributed by atoms with van der Waals surface area (Å²) in [6, 6.07) is 10.6. The van der Waals surface area contributed by atoms with Gasteiger partial charge in [0.05, 0.1) is 26.0 Å². The fourth-order valence-corrected chi connectivity index (χ4v) is 2.42. The second-order valence-corrected chi connectivity index (χ2v) is 5.59.